The van der Waals surface area contributed by atoms with Crippen molar-refractivity contribution in [2.75, 3.05) is 26.2 Å². The highest BCUT2D eigenvalue weighted by molar-refractivity contribution is 5.86. The molecule has 30 heavy (non-hydrogen) atoms. The molecule has 1 atom stereocenters. The molecule has 2 rings (SSSR count). The van der Waals surface area contributed by atoms with Crippen molar-refractivity contribution in [1.82, 2.24) is 9.80 Å². The van der Waals surface area contributed by atoms with Crippen LogP contribution in [0.5, 0.6) is 0 Å². The highest BCUT2D eigenvalue weighted by atomic mass is 19.4. The zero-order chi connectivity index (χ0) is 22.9. The largest absolute Gasteiger partial charge is 0.444 e. The quantitative estimate of drug-likeness (QED) is 0.730. The molecule has 2 fully saturated rings. The first-order valence-corrected chi connectivity index (χ1v) is 10.7. The normalized spacial score (nSPS) is 22.2. The molecule has 9 heteroatoms. The molecule has 174 valence electrons. The van der Waals surface area contributed by atoms with E-state index in [1.807, 2.05) is 20.8 Å². The van der Waals surface area contributed by atoms with Crippen molar-refractivity contribution in [3.63, 3.8) is 0 Å². The van der Waals surface area contributed by atoms with Gasteiger partial charge in [0.1, 0.15) is 5.60 Å². The molecule has 0 aromatic rings. The molecule has 2 aliphatic heterocycles. The predicted molar refractivity (Wildman–Crippen MR) is 106 cm³/mol. The Morgan fingerprint density at radius 1 is 0.900 bits per heavy atom. The number of amides is 2. The lowest BCUT2D eigenvalue weighted by Crippen LogP contribution is -2.62. The minimum absolute atomic E-state index is 0.209. The molecule has 2 saturated heterocycles. The molecule has 0 saturated carbocycles. The van der Waals surface area contributed by atoms with Crippen LogP contribution in [0.4, 0.5) is 18.0 Å². The first kappa shape index (κ1) is 24.8. The van der Waals surface area contributed by atoms with E-state index in [1.165, 1.54) is 13.8 Å². The summed E-state index contributed by atoms with van der Waals surface area (Å²) in [6, 6.07) is 0. The molecule has 0 aliphatic carbocycles. The van der Waals surface area contributed by atoms with Gasteiger partial charge in [-0.05, 0) is 58.3 Å². The Morgan fingerprint density at radius 3 is 1.63 bits per heavy atom. The minimum Gasteiger partial charge on any atom is -0.444 e. The summed E-state index contributed by atoms with van der Waals surface area (Å²) in [6.07, 6.45) is -2.48. The van der Waals surface area contributed by atoms with E-state index in [0.717, 1.165) is 17.7 Å². The fourth-order valence-corrected chi connectivity index (χ4v) is 4.39. The molecule has 2 heterocycles. The van der Waals surface area contributed by atoms with E-state index in [-0.39, 0.29) is 19.2 Å². The SMILES string of the molecule is CC(C)C(O)(C(=O)N1CCC(C2CCN(C(=O)OC(C)(C)C)CC2)CC1)C(F)(F)F. The zero-order valence-corrected chi connectivity index (χ0v) is 18.6. The van der Waals surface area contributed by atoms with Gasteiger partial charge in [0.05, 0.1) is 0 Å². The van der Waals surface area contributed by atoms with E-state index in [4.69, 9.17) is 4.74 Å². The lowest BCUT2D eigenvalue weighted by molar-refractivity contribution is -0.270. The number of ether oxygens (including phenoxy) is 1. The van der Waals surface area contributed by atoms with E-state index in [1.54, 1.807) is 4.90 Å². The third-order valence-electron chi connectivity index (χ3n) is 6.28. The molecular formula is C21H35F3N2O4. The summed E-state index contributed by atoms with van der Waals surface area (Å²) in [5.74, 6) is -1.84. The van der Waals surface area contributed by atoms with E-state index < -0.39 is 29.2 Å². The van der Waals surface area contributed by atoms with Crippen LogP contribution in [0, 0.1) is 17.8 Å². The molecule has 1 N–H and O–H groups in total. The van der Waals surface area contributed by atoms with Gasteiger partial charge in [-0.15, -0.1) is 0 Å². The monoisotopic (exact) mass is 436 g/mol. The van der Waals surface area contributed by atoms with Crippen LogP contribution >= 0.6 is 0 Å². The number of nitrogens with zero attached hydrogens (tertiary/aromatic N) is 2. The third-order valence-corrected chi connectivity index (χ3v) is 6.28. The number of likely N-dealkylation sites (tertiary alicyclic amines) is 2. The van der Waals surface area contributed by atoms with Crippen LogP contribution in [0.3, 0.4) is 0 Å². The Bertz CT molecular complexity index is 617. The van der Waals surface area contributed by atoms with Crippen molar-refractivity contribution in [3.8, 4) is 0 Å². The van der Waals surface area contributed by atoms with Crippen molar-refractivity contribution in [1.29, 1.82) is 0 Å². The molecule has 2 amide bonds. The van der Waals surface area contributed by atoms with Gasteiger partial charge in [0.15, 0.2) is 0 Å². The summed E-state index contributed by atoms with van der Waals surface area (Å²) < 4.78 is 45.6. The molecule has 6 nitrogen and oxygen atoms in total. The number of piperidine rings is 2. The lowest BCUT2D eigenvalue weighted by atomic mass is 9.78. The summed E-state index contributed by atoms with van der Waals surface area (Å²) in [7, 11) is 0. The standard InChI is InChI=1S/C21H35F3N2O4/c1-14(2)20(29,21(22,23)24)17(27)25-10-6-15(7-11-25)16-8-12-26(13-9-16)18(28)30-19(3,4)5/h14-16,29H,6-13H2,1-5H3. The highest BCUT2D eigenvalue weighted by Crippen LogP contribution is 2.39. The van der Waals surface area contributed by atoms with Crippen LogP contribution < -0.4 is 0 Å². The number of carbonyl (C=O) groups is 2. The molecule has 0 aromatic carbocycles. The van der Waals surface area contributed by atoms with Crippen molar-refractivity contribution in [2.24, 2.45) is 17.8 Å². The summed E-state index contributed by atoms with van der Waals surface area (Å²) in [4.78, 5) is 27.6. The molecule has 0 aromatic heterocycles. The minimum atomic E-state index is -5.01. The van der Waals surface area contributed by atoms with Crippen molar-refractivity contribution in [2.45, 2.75) is 77.7 Å². The van der Waals surface area contributed by atoms with Crippen LogP contribution in [0.1, 0.15) is 60.3 Å². The van der Waals surface area contributed by atoms with Gasteiger partial charge in [-0.2, -0.15) is 13.2 Å². The first-order valence-electron chi connectivity index (χ1n) is 10.7. The van der Waals surface area contributed by atoms with Gasteiger partial charge >= 0.3 is 12.3 Å². The first-order chi connectivity index (χ1) is 13.7. The predicted octanol–water partition coefficient (Wildman–Crippen LogP) is 3.82. The Kier molecular flexibility index (Phi) is 7.37. The van der Waals surface area contributed by atoms with Gasteiger partial charge < -0.3 is 19.6 Å². The van der Waals surface area contributed by atoms with Crippen molar-refractivity contribution < 1.29 is 32.6 Å². The van der Waals surface area contributed by atoms with Gasteiger partial charge in [-0.25, -0.2) is 4.79 Å². The molecular weight excluding hydrogens is 401 g/mol. The number of alkyl halides is 3. The average Bonchev–Trinajstić information content (AvgIpc) is 2.64. The molecule has 0 bridgehead atoms. The van der Waals surface area contributed by atoms with E-state index in [2.05, 4.69) is 0 Å². The molecule has 2 aliphatic rings. The van der Waals surface area contributed by atoms with Gasteiger partial charge in [-0.1, -0.05) is 13.8 Å². The Balaban J connectivity index is 1.88. The zero-order valence-electron chi connectivity index (χ0n) is 18.6. The number of carbonyl (C=O) groups excluding carboxylic acids is 2. The molecule has 0 radical (unpaired) electrons. The van der Waals surface area contributed by atoms with Gasteiger partial charge in [0.25, 0.3) is 5.91 Å². The Hall–Kier alpha value is -1.51. The van der Waals surface area contributed by atoms with Crippen molar-refractivity contribution in [3.05, 3.63) is 0 Å². The van der Waals surface area contributed by atoms with Crippen LogP contribution in [0.25, 0.3) is 0 Å². The maximum absolute atomic E-state index is 13.4. The average molecular weight is 437 g/mol. The molecule has 1 unspecified atom stereocenters. The van der Waals surface area contributed by atoms with Gasteiger partial charge in [0.2, 0.25) is 5.60 Å². The van der Waals surface area contributed by atoms with Crippen LogP contribution in [-0.2, 0) is 9.53 Å². The molecule has 0 spiro atoms. The van der Waals surface area contributed by atoms with Crippen molar-refractivity contribution >= 4 is 12.0 Å². The number of hydrogen-bond acceptors (Lipinski definition) is 4. The topological polar surface area (TPSA) is 70.1 Å². The highest BCUT2D eigenvalue weighted by Gasteiger charge is 2.62. The lowest BCUT2D eigenvalue weighted by Gasteiger charge is -2.43. The second kappa shape index (κ2) is 8.93. The van der Waals surface area contributed by atoms with Crippen LogP contribution in [0.2, 0.25) is 0 Å². The van der Waals surface area contributed by atoms with E-state index in [9.17, 15) is 27.9 Å². The number of aliphatic hydroxyl groups is 1. The third kappa shape index (κ3) is 5.39. The Morgan fingerprint density at radius 2 is 1.30 bits per heavy atom. The van der Waals surface area contributed by atoms with Crippen LogP contribution in [0.15, 0.2) is 0 Å². The van der Waals surface area contributed by atoms with Gasteiger partial charge in [0, 0.05) is 32.1 Å². The number of halogens is 3. The van der Waals surface area contributed by atoms with Crippen LogP contribution in [-0.4, -0.2) is 70.5 Å². The summed E-state index contributed by atoms with van der Waals surface area (Å²) in [5.41, 5.74) is -3.89. The van der Waals surface area contributed by atoms with Gasteiger partial charge in [-0.3, -0.25) is 4.79 Å². The number of rotatable bonds is 3. The maximum Gasteiger partial charge on any atom is 0.426 e. The smallest absolute Gasteiger partial charge is 0.426 e. The summed E-state index contributed by atoms with van der Waals surface area (Å²) in [6.45, 7) is 9.50. The van der Waals surface area contributed by atoms with E-state index >= 15 is 0 Å². The maximum atomic E-state index is 13.4. The summed E-state index contributed by atoms with van der Waals surface area (Å²) in [5, 5.41) is 10.2. The second-order valence-corrected chi connectivity index (χ2v) is 9.85. The summed E-state index contributed by atoms with van der Waals surface area (Å²) >= 11 is 0. The number of hydrogen-bond donors (Lipinski definition) is 1. The fraction of sp³-hybridized carbons (Fsp3) is 0.905. The second-order valence-electron chi connectivity index (χ2n) is 9.85. The van der Waals surface area contributed by atoms with E-state index in [0.29, 0.717) is 37.8 Å². The Labute approximate surface area is 176 Å². The fourth-order valence-electron chi connectivity index (χ4n) is 4.39.